The van der Waals surface area contributed by atoms with Crippen LogP contribution >= 0.6 is 0 Å². The van der Waals surface area contributed by atoms with Crippen LogP contribution in [0.3, 0.4) is 0 Å². The highest BCUT2D eigenvalue weighted by Crippen LogP contribution is 2.31. The van der Waals surface area contributed by atoms with Crippen molar-refractivity contribution < 1.29 is 4.79 Å². The largest absolute Gasteiger partial charge is 0.359 e. The summed E-state index contributed by atoms with van der Waals surface area (Å²) in [7, 11) is 0. The van der Waals surface area contributed by atoms with Gasteiger partial charge in [0.25, 0.3) is 0 Å². The molecule has 0 aliphatic carbocycles. The van der Waals surface area contributed by atoms with Crippen LogP contribution in [0.15, 0.2) is 12.5 Å². The molecule has 104 valence electrons. The summed E-state index contributed by atoms with van der Waals surface area (Å²) in [5.41, 5.74) is 2.43. The number of amides is 1. The molecule has 1 aliphatic rings. The van der Waals surface area contributed by atoms with Gasteiger partial charge in [0.2, 0.25) is 5.91 Å². The van der Waals surface area contributed by atoms with Crippen LogP contribution in [-0.2, 0) is 11.3 Å². The Labute approximate surface area is 115 Å². The maximum absolute atomic E-state index is 11.5. The van der Waals surface area contributed by atoms with Crippen molar-refractivity contribution in [2.45, 2.75) is 20.4 Å². The van der Waals surface area contributed by atoms with Crippen molar-refractivity contribution in [3.63, 3.8) is 0 Å². The van der Waals surface area contributed by atoms with Crippen LogP contribution in [0.1, 0.15) is 12.6 Å². The number of fused-ring (bicyclic) bond motifs is 1. The highest BCUT2D eigenvalue weighted by molar-refractivity contribution is 6.03. The minimum atomic E-state index is -0.115. The monoisotopic (exact) mass is 273 g/mol. The van der Waals surface area contributed by atoms with Gasteiger partial charge in [-0.15, -0.1) is 0 Å². The molecule has 0 saturated heterocycles. The van der Waals surface area contributed by atoms with Crippen molar-refractivity contribution in [3.8, 4) is 0 Å². The molecule has 0 spiro atoms. The zero-order chi connectivity index (χ0) is 14.1. The van der Waals surface area contributed by atoms with Crippen LogP contribution in [0, 0.1) is 6.92 Å². The molecule has 3 heterocycles. The van der Waals surface area contributed by atoms with E-state index in [-0.39, 0.29) is 12.5 Å². The van der Waals surface area contributed by atoms with Gasteiger partial charge in [0.15, 0.2) is 11.6 Å². The Morgan fingerprint density at radius 3 is 3.05 bits per heavy atom. The maximum atomic E-state index is 11.5. The van der Waals surface area contributed by atoms with E-state index in [0.717, 1.165) is 17.9 Å². The molecule has 0 atom stereocenters. The number of rotatable bonds is 3. The van der Waals surface area contributed by atoms with E-state index in [0.29, 0.717) is 17.3 Å². The van der Waals surface area contributed by atoms with Crippen LogP contribution in [0.25, 0.3) is 0 Å². The van der Waals surface area contributed by atoms with Crippen molar-refractivity contribution in [1.82, 2.24) is 19.7 Å². The van der Waals surface area contributed by atoms with Crippen LogP contribution < -0.4 is 16.0 Å². The summed E-state index contributed by atoms with van der Waals surface area (Å²) in [6.07, 6.45) is 3.19. The van der Waals surface area contributed by atoms with Gasteiger partial charge in [-0.2, -0.15) is 5.10 Å². The topological polar surface area (TPSA) is 96.8 Å². The Hall–Kier alpha value is -2.64. The first-order chi connectivity index (χ1) is 9.69. The maximum Gasteiger partial charge on any atom is 0.243 e. The lowest BCUT2D eigenvalue weighted by Crippen LogP contribution is -2.28. The Morgan fingerprint density at radius 1 is 1.45 bits per heavy atom. The first kappa shape index (κ1) is 12.4. The van der Waals surface area contributed by atoms with Gasteiger partial charge in [-0.25, -0.2) is 9.97 Å². The molecule has 0 aromatic carbocycles. The minimum Gasteiger partial charge on any atom is -0.359 e. The number of carbonyl (C=O) groups is 1. The van der Waals surface area contributed by atoms with Gasteiger partial charge in [-0.1, -0.05) is 0 Å². The van der Waals surface area contributed by atoms with Crippen LogP contribution in [-0.4, -0.2) is 32.2 Å². The van der Waals surface area contributed by atoms with E-state index < -0.39 is 0 Å². The van der Waals surface area contributed by atoms with E-state index in [1.54, 1.807) is 6.20 Å². The van der Waals surface area contributed by atoms with Crippen molar-refractivity contribution in [2.75, 3.05) is 22.5 Å². The number of aryl methyl sites for hydroxylation is 1. The Morgan fingerprint density at radius 2 is 2.30 bits per heavy atom. The molecule has 1 aliphatic heterocycles. The molecule has 2 aromatic rings. The van der Waals surface area contributed by atoms with Crippen LogP contribution in [0.5, 0.6) is 0 Å². The Kier molecular flexibility index (Phi) is 2.97. The van der Waals surface area contributed by atoms with E-state index in [2.05, 4.69) is 31.0 Å². The molecule has 8 nitrogen and oxygen atoms in total. The quantitative estimate of drug-likeness (QED) is 0.775. The number of anilines is 4. The molecule has 0 unspecified atom stereocenters. The van der Waals surface area contributed by atoms with E-state index in [1.807, 2.05) is 18.5 Å². The summed E-state index contributed by atoms with van der Waals surface area (Å²) < 4.78 is 1.88. The molecular formula is C12H15N7O. The van der Waals surface area contributed by atoms with Gasteiger partial charge in [0, 0.05) is 6.54 Å². The molecule has 8 heteroatoms. The summed E-state index contributed by atoms with van der Waals surface area (Å²) in [5, 5.41) is 13.2. The number of aromatic nitrogens is 4. The molecule has 1 amide bonds. The van der Waals surface area contributed by atoms with E-state index >= 15 is 0 Å². The van der Waals surface area contributed by atoms with Crippen LogP contribution in [0.2, 0.25) is 0 Å². The summed E-state index contributed by atoms with van der Waals surface area (Å²) in [4.78, 5) is 19.8. The average Bonchev–Trinajstić information content (AvgIpc) is 2.80. The second-order valence-corrected chi connectivity index (χ2v) is 4.43. The van der Waals surface area contributed by atoms with Gasteiger partial charge in [0.1, 0.15) is 12.0 Å². The zero-order valence-corrected chi connectivity index (χ0v) is 11.3. The summed E-state index contributed by atoms with van der Waals surface area (Å²) in [5.74, 6) is 1.05. The van der Waals surface area contributed by atoms with Crippen molar-refractivity contribution >= 4 is 28.9 Å². The number of nitrogens with one attached hydrogen (secondary N) is 3. The lowest BCUT2D eigenvalue weighted by atomic mass is 10.3. The van der Waals surface area contributed by atoms with Gasteiger partial charge < -0.3 is 16.0 Å². The van der Waals surface area contributed by atoms with Gasteiger partial charge in [-0.05, 0) is 13.8 Å². The predicted molar refractivity (Wildman–Crippen MR) is 75.1 cm³/mol. The predicted octanol–water partition coefficient (Wildman–Crippen LogP) is 1.11. The molecule has 0 fully saturated rings. The standard InChI is InChI=1S/C12H15N7O/c1-3-19-7(2)8(4-16-19)17-12-10-11(14-6-15-12)13-5-9(20)18-10/h4,6H,3,5H2,1-2H3,(H,18,20)(H2,13,14,15,17). The van der Waals surface area contributed by atoms with E-state index in [9.17, 15) is 4.79 Å². The summed E-state index contributed by atoms with van der Waals surface area (Å²) >= 11 is 0. The first-order valence-electron chi connectivity index (χ1n) is 6.37. The normalized spacial score (nSPS) is 13.4. The highest BCUT2D eigenvalue weighted by Gasteiger charge is 2.20. The smallest absolute Gasteiger partial charge is 0.243 e. The highest BCUT2D eigenvalue weighted by atomic mass is 16.2. The number of carbonyl (C=O) groups excluding carboxylic acids is 1. The van der Waals surface area contributed by atoms with Crippen molar-refractivity contribution in [1.29, 1.82) is 0 Å². The summed E-state index contributed by atoms with van der Waals surface area (Å²) in [6.45, 7) is 5.02. The number of nitrogens with zero attached hydrogens (tertiary/aromatic N) is 4. The lowest BCUT2D eigenvalue weighted by Gasteiger charge is -2.19. The third-order valence-corrected chi connectivity index (χ3v) is 3.18. The van der Waals surface area contributed by atoms with Crippen molar-refractivity contribution in [3.05, 3.63) is 18.2 Å². The molecule has 0 bridgehead atoms. The molecule has 0 radical (unpaired) electrons. The lowest BCUT2D eigenvalue weighted by molar-refractivity contribution is -0.114. The zero-order valence-electron chi connectivity index (χ0n) is 11.3. The average molecular weight is 273 g/mol. The third kappa shape index (κ3) is 2.04. The Balaban J connectivity index is 1.95. The first-order valence-corrected chi connectivity index (χ1v) is 6.37. The molecule has 3 N–H and O–H groups in total. The number of hydrogen-bond acceptors (Lipinski definition) is 6. The van der Waals surface area contributed by atoms with E-state index in [4.69, 9.17) is 0 Å². The minimum absolute atomic E-state index is 0.115. The van der Waals surface area contributed by atoms with Gasteiger partial charge in [0.05, 0.1) is 24.1 Å². The molecular weight excluding hydrogens is 258 g/mol. The fraction of sp³-hybridized carbons (Fsp3) is 0.333. The molecule has 0 saturated carbocycles. The van der Waals surface area contributed by atoms with Gasteiger partial charge in [-0.3, -0.25) is 9.48 Å². The second-order valence-electron chi connectivity index (χ2n) is 4.43. The van der Waals surface area contributed by atoms with Crippen molar-refractivity contribution in [2.24, 2.45) is 0 Å². The SMILES string of the molecule is CCn1ncc(Nc2ncnc3c2NC(=O)CN3)c1C. The second kappa shape index (κ2) is 4.80. The molecule has 3 rings (SSSR count). The van der Waals surface area contributed by atoms with Gasteiger partial charge >= 0.3 is 0 Å². The molecule has 2 aromatic heterocycles. The van der Waals surface area contributed by atoms with E-state index in [1.165, 1.54) is 6.33 Å². The fourth-order valence-electron chi connectivity index (χ4n) is 2.10. The fourth-order valence-corrected chi connectivity index (χ4v) is 2.10. The molecule has 20 heavy (non-hydrogen) atoms. The number of hydrogen-bond donors (Lipinski definition) is 3. The Bertz CT molecular complexity index is 664. The van der Waals surface area contributed by atoms with Crippen LogP contribution in [0.4, 0.5) is 23.0 Å². The third-order valence-electron chi connectivity index (χ3n) is 3.18. The summed E-state index contributed by atoms with van der Waals surface area (Å²) in [6, 6.07) is 0.